The van der Waals surface area contributed by atoms with E-state index in [-0.39, 0.29) is 0 Å². The standard InChI is InChI=1S/C14H24N4/c1-12-15-6-8-17(12)9-10-18-7-2-3-14(18)11-16-13-4-5-13/h6,8,13-14,16H,2-5,7,9-11H2,1H3. The summed E-state index contributed by atoms with van der Waals surface area (Å²) in [7, 11) is 0. The lowest BCUT2D eigenvalue weighted by molar-refractivity contribution is 0.237. The Kier molecular flexibility index (Phi) is 3.66. The molecule has 1 aromatic rings. The van der Waals surface area contributed by atoms with E-state index in [4.69, 9.17) is 0 Å². The third kappa shape index (κ3) is 2.93. The molecular weight excluding hydrogens is 224 g/mol. The Morgan fingerprint density at radius 3 is 2.94 bits per heavy atom. The van der Waals surface area contributed by atoms with E-state index < -0.39 is 0 Å². The number of aromatic nitrogens is 2. The van der Waals surface area contributed by atoms with Crippen LogP contribution in [0.1, 0.15) is 31.5 Å². The molecule has 2 aliphatic rings. The Labute approximate surface area is 109 Å². The minimum absolute atomic E-state index is 0.759. The molecule has 1 saturated heterocycles. The molecule has 100 valence electrons. The first-order valence-electron chi connectivity index (χ1n) is 7.28. The van der Waals surface area contributed by atoms with E-state index in [9.17, 15) is 0 Å². The van der Waals surface area contributed by atoms with Crippen molar-refractivity contribution in [2.75, 3.05) is 19.6 Å². The third-order valence-corrected chi connectivity index (χ3v) is 4.27. The fraction of sp³-hybridized carbons (Fsp3) is 0.786. The highest BCUT2D eigenvalue weighted by molar-refractivity contribution is 4.90. The SMILES string of the molecule is Cc1nccn1CCN1CCCC1CNC1CC1. The average molecular weight is 248 g/mol. The van der Waals surface area contributed by atoms with Gasteiger partial charge in [-0.25, -0.2) is 4.98 Å². The molecule has 0 spiro atoms. The zero-order valence-corrected chi connectivity index (χ0v) is 11.3. The van der Waals surface area contributed by atoms with Crippen molar-refractivity contribution in [1.29, 1.82) is 0 Å². The molecule has 1 aromatic heterocycles. The molecule has 2 heterocycles. The van der Waals surface area contributed by atoms with E-state index in [2.05, 4.69) is 32.9 Å². The second-order valence-electron chi connectivity index (χ2n) is 5.68. The summed E-state index contributed by atoms with van der Waals surface area (Å²) in [5.41, 5.74) is 0. The summed E-state index contributed by atoms with van der Waals surface area (Å²) < 4.78 is 2.25. The Hall–Kier alpha value is -0.870. The summed E-state index contributed by atoms with van der Waals surface area (Å²) in [6.45, 7) is 6.77. The largest absolute Gasteiger partial charge is 0.334 e. The second-order valence-corrected chi connectivity index (χ2v) is 5.68. The highest BCUT2D eigenvalue weighted by Crippen LogP contribution is 2.21. The zero-order valence-electron chi connectivity index (χ0n) is 11.3. The highest BCUT2D eigenvalue weighted by atomic mass is 15.2. The van der Waals surface area contributed by atoms with Crippen molar-refractivity contribution in [3.05, 3.63) is 18.2 Å². The first-order chi connectivity index (χ1) is 8.83. The number of nitrogens with one attached hydrogen (secondary N) is 1. The van der Waals surface area contributed by atoms with Crippen LogP contribution in [-0.2, 0) is 6.54 Å². The summed E-state index contributed by atoms with van der Waals surface area (Å²) in [5.74, 6) is 1.13. The average Bonchev–Trinajstić information content (AvgIpc) is 2.94. The molecular formula is C14H24N4. The zero-order chi connectivity index (χ0) is 12.4. The van der Waals surface area contributed by atoms with Crippen molar-refractivity contribution in [1.82, 2.24) is 19.8 Å². The molecule has 1 saturated carbocycles. The molecule has 1 N–H and O–H groups in total. The Morgan fingerprint density at radius 1 is 1.33 bits per heavy atom. The molecule has 0 aromatic carbocycles. The van der Waals surface area contributed by atoms with Gasteiger partial charge in [0.1, 0.15) is 5.82 Å². The van der Waals surface area contributed by atoms with E-state index >= 15 is 0 Å². The fourth-order valence-corrected chi connectivity index (χ4v) is 2.89. The van der Waals surface area contributed by atoms with E-state index in [1.54, 1.807) is 0 Å². The van der Waals surface area contributed by atoms with Crippen LogP contribution in [0.2, 0.25) is 0 Å². The first kappa shape index (κ1) is 12.2. The molecule has 4 nitrogen and oxygen atoms in total. The van der Waals surface area contributed by atoms with Crippen LogP contribution in [0.4, 0.5) is 0 Å². The van der Waals surface area contributed by atoms with Gasteiger partial charge in [0.05, 0.1) is 0 Å². The van der Waals surface area contributed by atoms with E-state index in [0.29, 0.717) is 0 Å². The van der Waals surface area contributed by atoms with Crippen LogP contribution in [0.5, 0.6) is 0 Å². The van der Waals surface area contributed by atoms with Gasteiger partial charge in [-0.1, -0.05) is 0 Å². The lowest BCUT2D eigenvalue weighted by atomic mass is 10.2. The van der Waals surface area contributed by atoms with Crippen LogP contribution < -0.4 is 5.32 Å². The molecule has 1 atom stereocenters. The molecule has 0 radical (unpaired) electrons. The van der Waals surface area contributed by atoms with Crippen molar-refractivity contribution in [3.63, 3.8) is 0 Å². The van der Waals surface area contributed by atoms with Crippen LogP contribution in [0.3, 0.4) is 0 Å². The monoisotopic (exact) mass is 248 g/mol. The minimum Gasteiger partial charge on any atom is -0.334 e. The fourth-order valence-electron chi connectivity index (χ4n) is 2.89. The van der Waals surface area contributed by atoms with Crippen LogP contribution >= 0.6 is 0 Å². The van der Waals surface area contributed by atoms with Gasteiger partial charge in [-0.05, 0) is 39.2 Å². The first-order valence-corrected chi connectivity index (χ1v) is 7.28. The van der Waals surface area contributed by atoms with Crippen molar-refractivity contribution < 1.29 is 0 Å². The minimum atomic E-state index is 0.759. The highest BCUT2D eigenvalue weighted by Gasteiger charge is 2.27. The molecule has 2 fully saturated rings. The normalized spacial score (nSPS) is 24.8. The number of imidazole rings is 1. The van der Waals surface area contributed by atoms with Crippen LogP contribution in [0, 0.1) is 6.92 Å². The van der Waals surface area contributed by atoms with Gasteiger partial charge in [0.25, 0.3) is 0 Å². The molecule has 1 aliphatic heterocycles. The molecule has 1 aliphatic carbocycles. The molecule has 1 unspecified atom stereocenters. The quantitative estimate of drug-likeness (QED) is 0.826. The Balaban J connectivity index is 1.46. The Morgan fingerprint density at radius 2 is 2.22 bits per heavy atom. The van der Waals surface area contributed by atoms with Gasteiger partial charge >= 0.3 is 0 Å². The number of likely N-dealkylation sites (tertiary alicyclic amines) is 1. The number of nitrogens with zero attached hydrogens (tertiary/aromatic N) is 3. The molecule has 4 heteroatoms. The summed E-state index contributed by atoms with van der Waals surface area (Å²) in [5, 5.41) is 3.67. The molecule has 0 bridgehead atoms. The maximum absolute atomic E-state index is 4.28. The van der Waals surface area contributed by atoms with Crippen LogP contribution in [0.25, 0.3) is 0 Å². The summed E-state index contributed by atoms with van der Waals surface area (Å²) in [4.78, 5) is 6.93. The lowest BCUT2D eigenvalue weighted by Crippen LogP contribution is -2.40. The lowest BCUT2D eigenvalue weighted by Gasteiger charge is -2.25. The van der Waals surface area contributed by atoms with Gasteiger partial charge in [0, 0.05) is 44.1 Å². The van der Waals surface area contributed by atoms with Gasteiger partial charge in [0.2, 0.25) is 0 Å². The molecule has 3 rings (SSSR count). The maximum Gasteiger partial charge on any atom is 0.105 e. The van der Waals surface area contributed by atoms with Gasteiger partial charge in [-0.2, -0.15) is 0 Å². The molecule has 0 amide bonds. The van der Waals surface area contributed by atoms with Crippen molar-refractivity contribution in [2.24, 2.45) is 0 Å². The number of hydrogen-bond donors (Lipinski definition) is 1. The van der Waals surface area contributed by atoms with Gasteiger partial charge in [-0.15, -0.1) is 0 Å². The predicted octanol–water partition coefficient (Wildman–Crippen LogP) is 1.41. The summed E-state index contributed by atoms with van der Waals surface area (Å²) in [6.07, 6.45) is 9.48. The van der Waals surface area contributed by atoms with E-state index in [1.165, 1.54) is 38.8 Å². The smallest absolute Gasteiger partial charge is 0.105 e. The predicted molar refractivity (Wildman–Crippen MR) is 72.6 cm³/mol. The Bertz CT molecular complexity index is 383. The maximum atomic E-state index is 4.28. The van der Waals surface area contributed by atoms with Crippen LogP contribution in [-0.4, -0.2) is 46.2 Å². The third-order valence-electron chi connectivity index (χ3n) is 4.27. The van der Waals surface area contributed by atoms with Crippen molar-refractivity contribution in [3.8, 4) is 0 Å². The van der Waals surface area contributed by atoms with Gasteiger partial charge in [-0.3, -0.25) is 4.90 Å². The van der Waals surface area contributed by atoms with Gasteiger partial charge in [0.15, 0.2) is 0 Å². The summed E-state index contributed by atoms with van der Waals surface area (Å²) in [6, 6.07) is 1.60. The number of rotatable bonds is 6. The van der Waals surface area contributed by atoms with Gasteiger partial charge < -0.3 is 9.88 Å². The van der Waals surface area contributed by atoms with Crippen molar-refractivity contribution in [2.45, 2.75) is 51.2 Å². The topological polar surface area (TPSA) is 33.1 Å². The second kappa shape index (κ2) is 5.41. The van der Waals surface area contributed by atoms with E-state index in [1.807, 2.05) is 6.20 Å². The molecule has 18 heavy (non-hydrogen) atoms. The number of aryl methyl sites for hydroxylation is 1. The summed E-state index contributed by atoms with van der Waals surface area (Å²) >= 11 is 0. The number of hydrogen-bond acceptors (Lipinski definition) is 3. The van der Waals surface area contributed by atoms with E-state index in [0.717, 1.165) is 31.0 Å². The van der Waals surface area contributed by atoms with Crippen LogP contribution in [0.15, 0.2) is 12.4 Å². The van der Waals surface area contributed by atoms with Crippen molar-refractivity contribution >= 4 is 0 Å².